The average molecular weight is 839 g/mol. The van der Waals surface area contributed by atoms with Crippen molar-refractivity contribution in [1.82, 2.24) is 0 Å². The van der Waals surface area contributed by atoms with Crippen LogP contribution in [0.3, 0.4) is 0 Å². The van der Waals surface area contributed by atoms with Crippen LogP contribution < -0.4 is 19.3 Å². The minimum atomic E-state index is -0.111. The van der Waals surface area contributed by atoms with Crippen molar-refractivity contribution < 1.29 is 9.47 Å². The largest absolute Gasteiger partial charge is 0.456 e. The summed E-state index contributed by atoms with van der Waals surface area (Å²) in [7, 11) is 0. The van der Waals surface area contributed by atoms with E-state index in [0.29, 0.717) is 5.92 Å². The van der Waals surface area contributed by atoms with Gasteiger partial charge in [-0.3, -0.25) is 0 Å². The van der Waals surface area contributed by atoms with Gasteiger partial charge in [0.15, 0.2) is 0 Å². The molecule has 0 amide bonds. The first-order valence-electron chi connectivity index (χ1n) is 22.9. The van der Waals surface area contributed by atoms with Crippen LogP contribution in [0.25, 0.3) is 44.2 Å². The molecule has 5 aliphatic rings. The van der Waals surface area contributed by atoms with E-state index in [0.717, 1.165) is 91.6 Å². The van der Waals surface area contributed by atoms with E-state index in [9.17, 15) is 0 Å². The second-order valence-corrected chi connectivity index (χ2v) is 18.3. The third-order valence-electron chi connectivity index (χ3n) is 14.3. The summed E-state index contributed by atoms with van der Waals surface area (Å²) in [6.07, 6.45) is 19.7. The lowest BCUT2D eigenvalue weighted by Crippen LogP contribution is -2.31. The molecule has 3 aliphatic carbocycles. The van der Waals surface area contributed by atoms with Gasteiger partial charge < -0.3 is 19.3 Å². The van der Waals surface area contributed by atoms with Crippen LogP contribution >= 0.6 is 0 Å². The number of allylic oxidation sites excluding steroid dienone is 6. The van der Waals surface area contributed by atoms with E-state index in [1.54, 1.807) is 0 Å². The van der Waals surface area contributed by atoms with E-state index in [1.807, 2.05) is 0 Å². The van der Waals surface area contributed by atoms with Crippen molar-refractivity contribution in [3.05, 3.63) is 223 Å². The fourth-order valence-electron chi connectivity index (χ4n) is 11.2. The number of hydrogen-bond acceptors (Lipinski definition) is 4. The molecule has 0 saturated heterocycles. The van der Waals surface area contributed by atoms with Crippen LogP contribution in [0.1, 0.15) is 49.3 Å². The van der Waals surface area contributed by atoms with Gasteiger partial charge in [0.2, 0.25) is 0 Å². The number of nitrogens with zero attached hydrogens (tertiary/aromatic N) is 2. The van der Waals surface area contributed by atoms with Gasteiger partial charge in [0.05, 0.1) is 6.04 Å². The molecule has 2 atom stereocenters. The summed E-state index contributed by atoms with van der Waals surface area (Å²) in [5.41, 5.74) is 16.6. The molecule has 0 spiro atoms. The van der Waals surface area contributed by atoms with Crippen LogP contribution in [-0.2, 0) is 5.41 Å². The van der Waals surface area contributed by atoms with Crippen molar-refractivity contribution in [2.75, 3.05) is 9.80 Å². The number of hydrogen-bond donors (Lipinski definition) is 0. The molecule has 8 aromatic rings. The third kappa shape index (κ3) is 5.90. The highest BCUT2D eigenvalue weighted by molar-refractivity contribution is 6.14. The van der Waals surface area contributed by atoms with E-state index in [2.05, 4.69) is 230 Å². The molecule has 8 aromatic carbocycles. The topological polar surface area (TPSA) is 24.9 Å². The smallest absolute Gasteiger partial charge is 0.137 e. The number of anilines is 5. The molecule has 2 aliphatic heterocycles. The Morgan fingerprint density at radius 1 is 0.446 bits per heavy atom. The molecule has 0 radical (unpaired) electrons. The molecule has 0 saturated carbocycles. The van der Waals surface area contributed by atoms with Gasteiger partial charge in [-0.2, -0.15) is 0 Å². The summed E-state index contributed by atoms with van der Waals surface area (Å²) < 4.78 is 13.9. The second-order valence-electron chi connectivity index (χ2n) is 18.3. The molecular formula is C61H46N2O2. The zero-order chi connectivity index (χ0) is 43.2. The molecule has 4 nitrogen and oxygen atoms in total. The predicted molar refractivity (Wildman–Crippen MR) is 268 cm³/mol. The summed E-state index contributed by atoms with van der Waals surface area (Å²) in [6.45, 7) is 4.68. The maximum Gasteiger partial charge on any atom is 0.137 e. The number of ether oxygens (including phenoxy) is 2. The lowest BCUT2D eigenvalue weighted by atomic mass is 9.82. The third-order valence-corrected chi connectivity index (χ3v) is 14.3. The lowest BCUT2D eigenvalue weighted by molar-refractivity contribution is 0.480. The molecule has 0 aromatic heterocycles. The van der Waals surface area contributed by atoms with Crippen molar-refractivity contribution in [2.45, 2.75) is 44.1 Å². The Bertz CT molecular complexity index is 3390. The zero-order valence-electron chi connectivity index (χ0n) is 36.4. The van der Waals surface area contributed by atoms with Gasteiger partial charge in [0.25, 0.3) is 0 Å². The van der Waals surface area contributed by atoms with Gasteiger partial charge in [0, 0.05) is 73.8 Å². The van der Waals surface area contributed by atoms with Crippen LogP contribution in [0.5, 0.6) is 23.0 Å². The van der Waals surface area contributed by atoms with Crippen molar-refractivity contribution in [3.8, 4) is 56.4 Å². The molecule has 0 bridgehead atoms. The quantitative estimate of drug-likeness (QED) is 0.160. The van der Waals surface area contributed by atoms with E-state index >= 15 is 0 Å². The van der Waals surface area contributed by atoms with Crippen LogP contribution in [0, 0.1) is 0 Å². The minimum Gasteiger partial charge on any atom is -0.456 e. The number of rotatable bonds is 7. The Morgan fingerprint density at radius 2 is 1.03 bits per heavy atom. The van der Waals surface area contributed by atoms with E-state index in [4.69, 9.17) is 9.47 Å². The van der Waals surface area contributed by atoms with Gasteiger partial charge in [-0.25, -0.2) is 0 Å². The van der Waals surface area contributed by atoms with Crippen molar-refractivity contribution in [1.29, 1.82) is 0 Å². The van der Waals surface area contributed by atoms with Gasteiger partial charge in [-0.1, -0.05) is 129 Å². The SMILES string of the molecule is CC1(C)c2ccccc2-c2ccc(N(c3ccccc3)c3ccc4c(c3)Oc3ccc5c6c(ccc-4c36)Oc3cc(N(c4ccccc4C4C=CC=CC4)C4C=CC=CC4)ccc3-5)cc21. The van der Waals surface area contributed by atoms with Crippen LogP contribution in [-0.4, -0.2) is 6.04 Å². The van der Waals surface area contributed by atoms with Crippen molar-refractivity contribution in [2.24, 2.45) is 0 Å². The maximum atomic E-state index is 6.95. The second kappa shape index (κ2) is 14.6. The molecule has 13 rings (SSSR count). The first-order valence-corrected chi connectivity index (χ1v) is 22.9. The maximum absolute atomic E-state index is 6.95. The van der Waals surface area contributed by atoms with Crippen LogP contribution in [0.15, 0.2) is 206 Å². The molecule has 4 heteroatoms. The normalized spacial score (nSPS) is 17.4. The highest BCUT2D eigenvalue weighted by atomic mass is 16.5. The van der Waals surface area contributed by atoms with Crippen LogP contribution in [0.2, 0.25) is 0 Å². The monoisotopic (exact) mass is 838 g/mol. The standard InChI is InChI=1S/C61H46N2O2/c1-61(2)52-24-14-12-23-46(52)47-29-26-42(36-53(47)61)62(40-18-8-4-9-19-40)43-27-30-48-50-32-35-56-60-51(33-34-55(59(50)60)64-57(48)37-43)49-31-28-44(38-58(49)65-56)63(41-20-10-5-11-21-41)54-25-15-13-22-45(54)39-16-6-3-7-17-39/h3-16,18-20,22-39,41H,17,21H2,1-2H3. The van der Waals surface area contributed by atoms with Gasteiger partial charge >= 0.3 is 0 Å². The highest BCUT2D eigenvalue weighted by Crippen LogP contribution is 2.57. The first kappa shape index (κ1) is 37.7. The lowest BCUT2D eigenvalue weighted by Gasteiger charge is -2.36. The molecule has 2 heterocycles. The summed E-state index contributed by atoms with van der Waals surface area (Å²) in [4.78, 5) is 4.85. The summed E-state index contributed by atoms with van der Waals surface area (Å²) in [6, 6.07) is 57.6. The van der Waals surface area contributed by atoms with Gasteiger partial charge in [-0.05, 0) is 131 Å². The minimum absolute atomic E-state index is 0.111. The molecular weight excluding hydrogens is 793 g/mol. The average Bonchev–Trinajstić information content (AvgIpc) is 3.59. The van der Waals surface area contributed by atoms with E-state index in [1.165, 1.54) is 33.5 Å². The fraction of sp³-hybridized carbons (Fsp3) is 0.115. The molecule has 0 N–H and O–H groups in total. The Morgan fingerprint density at radius 3 is 1.74 bits per heavy atom. The Balaban J connectivity index is 0.884. The molecule has 2 unspecified atom stereocenters. The van der Waals surface area contributed by atoms with Crippen molar-refractivity contribution in [3.63, 3.8) is 0 Å². The van der Waals surface area contributed by atoms with E-state index in [-0.39, 0.29) is 11.5 Å². The van der Waals surface area contributed by atoms with Gasteiger partial charge in [-0.15, -0.1) is 0 Å². The molecule has 312 valence electrons. The number of fused-ring (bicyclic) bond motifs is 7. The summed E-state index contributed by atoms with van der Waals surface area (Å²) >= 11 is 0. The zero-order valence-corrected chi connectivity index (χ0v) is 36.4. The predicted octanol–water partition coefficient (Wildman–Crippen LogP) is 16.8. The van der Waals surface area contributed by atoms with Crippen molar-refractivity contribution >= 4 is 39.2 Å². The Labute approximate surface area is 380 Å². The number of benzene rings is 8. The Kier molecular flexibility index (Phi) is 8.48. The number of para-hydroxylation sites is 2. The summed E-state index contributed by atoms with van der Waals surface area (Å²) in [5, 5.41) is 2.17. The van der Waals surface area contributed by atoms with Gasteiger partial charge in [0.1, 0.15) is 23.0 Å². The Hall–Kier alpha value is -7.82. The first-order chi connectivity index (χ1) is 32.0. The van der Waals surface area contributed by atoms with Crippen LogP contribution in [0.4, 0.5) is 28.4 Å². The highest BCUT2D eigenvalue weighted by Gasteiger charge is 2.36. The fourth-order valence-corrected chi connectivity index (χ4v) is 11.2. The summed E-state index contributed by atoms with van der Waals surface area (Å²) in [5.74, 6) is 3.69. The van der Waals surface area contributed by atoms with E-state index < -0.39 is 0 Å². The molecule has 65 heavy (non-hydrogen) atoms. The molecule has 0 fully saturated rings.